The predicted molar refractivity (Wildman–Crippen MR) is 138 cm³/mol. The summed E-state index contributed by atoms with van der Waals surface area (Å²) in [6, 6.07) is 11.7. The Hall–Kier alpha value is -2.56. The smallest absolute Gasteiger partial charge is 0.251 e. The Morgan fingerprint density at radius 2 is 1.88 bits per heavy atom. The monoisotopic (exact) mass is 565 g/mol. The number of nitrogens with zero attached hydrogens (tertiary/aromatic N) is 3. The standard InChI is InChI=1S/C23H25BrClN5O3S/c1-13(2)20(27-22(32)14-5-8-16(33-4)9-6-14)21-28-29-23(30(21)3)34-12-19(31)26-15-7-10-17(24)18(25)11-15/h5-11,13,20H,12H2,1-4H3,(H,26,31)(H,27,32)/t20-/m0/s1. The van der Waals surface area contributed by atoms with Gasteiger partial charge in [0, 0.05) is 22.8 Å². The third-order valence-corrected chi connectivity index (χ3v) is 7.24. The van der Waals surface area contributed by atoms with Gasteiger partial charge in [-0.1, -0.05) is 37.2 Å². The van der Waals surface area contributed by atoms with Crippen LogP contribution < -0.4 is 15.4 Å². The molecule has 0 saturated heterocycles. The molecule has 8 nitrogen and oxygen atoms in total. The molecule has 0 aliphatic rings. The zero-order chi connectivity index (χ0) is 24.8. The summed E-state index contributed by atoms with van der Waals surface area (Å²) in [5.41, 5.74) is 1.13. The highest BCUT2D eigenvalue weighted by Crippen LogP contribution is 2.27. The molecule has 1 atom stereocenters. The number of carbonyl (C=O) groups excluding carboxylic acids is 2. The van der Waals surface area contributed by atoms with Crippen molar-refractivity contribution in [1.82, 2.24) is 20.1 Å². The van der Waals surface area contributed by atoms with E-state index in [-0.39, 0.29) is 29.5 Å². The Morgan fingerprint density at radius 3 is 2.50 bits per heavy atom. The van der Waals surface area contributed by atoms with E-state index in [4.69, 9.17) is 16.3 Å². The first-order chi connectivity index (χ1) is 16.2. The summed E-state index contributed by atoms with van der Waals surface area (Å²) in [4.78, 5) is 25.2. The Morgan fingerprint density at radius 1 is 1.18 bits per heavy atom. The number of aromatic nitrogens is 3. The van der Waals surface area contributed by atoms with E-state index < -0.39 is 0 Å². The van der Waals surface area contributed by atoms with E-state index in [1.165, 1.54) is 11.8 Å². The van der Waals surface area contributed by atoms with Crippen LogP contribution in [0.1, 0.15) is 36.1 Å². The maximum absolute atomic E-state index is 12.8. The number of carbonyl (C=O) groups is 2. The minimum absolute atomic E-state index is 0.0633. The number of anilines is 1. The molecule has 0 saturated carbocycles. The van der Waals surface area contributed by atoms with Crippen LogP contribution in [0.4, 0.5) is 5.69 Å². The van der Waals surface area contributed by atoms with Crippen LogP contribution in [0.15, 0.2) is 52.1 Å². The number of halogens is 2. The van der Waals surface area contributed by atoms with Gasteiger partial charge in [0.05, 0.1) is 23.9 Å². The molecule has 0 radical (unpaired) electrons. The lowest BCUT2D eigenvalue weighted by Gasteiger charge is -2.21. The molecule has 2 aromatic carbocycles. The highest BCUT2D eigenvalue weighted by atomic mass is 79.9. The summed E-state index contributed by atoms with van der Waals surface area (Å²) >= 11 is 10.7. The number of hydrogen-bond donors (Lipinski definition) is 2. The summed E-state index contributed by atoms with van der Waals surface area (Å²) < 4.78 is 7.70. The second kappa shape index (κ2) is 11.7. The van der Waals surface area contributed by atoms with Gasteiger partial charge in [-0.15, -0.1) is 10.2 Å². The van der Waals surface area contributed by atoms with Crippen LogP contribution in [-0.4, -0.2) is 39.4 Å². The number of ether oxygens (including phenoxy) is 1. The second-order valence-corrected chi connectivity index (χ2v) is 9.99. The second-order valence-electron chi connectivity index (χ2n) is 7.79. The maximum atomic E-state index is 12.8. The molecule has 34 heavy (non-hydrogen) atoms. The Kier molecular flexibility index (Phi) is 8.98. The van der Waals surface area contributed by atoms with Gasteiger partial charge in [-0.25, -0.2) is 0 Å². The van der Waals surface area contributed by atoms with Crippen molar-refractivity contribution in [3.05, 3.63) is 63.3 Å². The zero-order valence-corrected chi connectivity index (χ0v) is 22.3. The van der Waals surface area contributed by atoms with E-state index in [2.05, 4.69) is 36.8 Å². The van der Waals surface area contributed by atoms with Crippen molar-refractivity contribution in [1.29, 1.82) is 0 Å². The van der Waals surface area contributed by atoms with E-state index in [9.17, 15) is 9.59 Å². The third kappa shape index (κ3) is 6.52. The minimum atomic E-state index is -0.361. The van der Waals surface area contributed by atoms with Crippen molar-refractivity contribution in [2.45, 2.75) is 25.0 Å². The molecule has 0 spiro atoms. The zero-order valence-electron chi connectivity index (χ0n) is 19.1. The number of methoxy groups -OCH3 is 1. The Balaban J connectivity index is 1.65. The van der Waals surface area contributed by atoms with Gasteiger partial charge in [0.15, 0.2) is 11.0 Å². The van der Waals surface area contributed by atoms with Gasteiger partial charge in [0.25, 0.3) is 5.91 Å². The van der Waals surface area contributed by atoms with Gasteiger partial charge >= 0.3 is 0 Å². The average Bonchev–Trinajstić information content (AvgIpc) is 3.18. The van der Waals surface area contributed by atoms with Gasteiger partial charge in [-0.3, -0.25) is 9.59 Å². The van der Waals surface area contributed by atoms with Gasteiger partial charge in [0.1, 0.15) is 5.75 Å². The predicted octanol–water partition coefficient (Wildman–Crippen LogP) is 5.10. The summed E-state index contributed by atoms with van der Waals surface area (Å²) in [5, 5.41) is 15.5. The molecule has 2 N–H and O–H groups in total. The molecule has 11 heteroatoms. The highest BCUT2D eigenvalue weighted by Gasteiger charge is 2.25. The summed E-state index contributed by atoms with van der Waals surface area (Å²) in [6.07, 6.45) is 0. The van der Waals surface area contributed by atoms with Crippen LogP contribution in [0.5, 0.6) is 5.75 Å². The van der Waals surface area contributed by atoms with E-state index >= 15 is 0 Å². The van der Waals surface area contributed by atoms with Gasteiger partial charge in [0.2, 0.25) is 5.91 Å². The SMILES string of the molecule is COc1ccc(C(=O)N[C@H](c2nnc(SCC(=O)Nc3ccc(Br)c(Cl)c3)n2C)C(C)C)cc1. The number of benzene rings is 2. The molecule has 0 aliphatic carbocycles. The van der Waals surface area contributed by atoms with Crippen LogP contribution >= 0.6 is 39.3 Å². The summed E-state index contributed by atoms with van der Waals surface area (Å²) in [6.45, 7) is 3.99. The minimum Gasteiger partial charge on any atom is -0.497 e. The molecule has 0 unspecified atom stereocenters. The number of hydrogen-bond acceptors (Lipinski definition) is 6. The van der Waals surface area contributed by atoms with Crippen molar-refractivity contribution >= 4 is 56.8 Å². The van der Waals surface area contributed by atoms with Gasteiger partial charge in [-0.05, 0) is 64.3 Å². The lowest BCUT2D eigenvalue weighted by molar-refractivity contribution is -0.113. The number of nitrogens with one attached hydrogen (secondary N) is 2. The molecule has 3 aromatic rings. The van der Waals surface area contributed by atoms with Crippen LogP contribution in [0, 0.1) is 5.92 Å². The van der Waals surface area contributed by atoms with E-state index in [1.807, 2.05) is 20.9 Å². The fourth-order valence-electron chi connectivity index (χ4n) is 3.12. The fraction of sp³-hybridized carbons (Fsp3) is 0.304. The lowest BCUT2D eigenvalue weighted by atomic mass is 10.0. The molecular formula is C23H25BrClN5O3S. The molecule has 180 valence electrons. The van der Waals surface area contributed by atoms with Crippen LogP contribution in [0.3, 0.4) is 0 Å². The number of rotatable bonds is 9. The summed E-state index contributed by atoms with van der Waals surface area (Å²) in [5.74, 6) is 1.09. The number of thioether (sulfide) groups is 1. The first kappa shape index (κ1) is 26.1. The molecule has 2 amide bonds. The first-order valence-electron chi connectivity index (χ1n) is 10.4. The van der Waals surface area contributed by atoms with Crippen molar-refractivity contribution in [2.24, 2.45) is 13.0 Å². The van der Waals surface area contributed by atoms with Crippen molar-refractivity contribution < 1.29 is 14.3 Å². The molecule has 0 fully saturated rings. The largest absolute Gasteiger partial charge is 0.497 e. The Labute approximate surface area is 215 Å². The fourth-order valence-corrected chi connectivity index (χ4v) is 4.27. The average molecular weight is 567 g/mol. The van der Waals surface area contributed by atoms with Gasteiger partial charge < -0.3 is 19.9 Å². The molecule has 1 aromatic heterocycles. The van der Waals surface area contributed by atoms with E-state index in [1.54, 1.807) is 54.1 Å². The Bertz CT molecular complexity index is 1170. The topological polar surface area (TPSA) is 98.1 Å². The lowest BCUT2D eigenvalue weighted by Crippen LogP contribution is -2.33. The third-order valence-electron chi connectivity index (χ3n) is 4.99. The van der Waals surface area contributed by atoms with Crippen LogP contribution in [0.2, 0.25) is 5.02 Å². The quantitative estimate of drug-likeness (QED) is 0.350. The van der Waals surface area contributed by atoms with Crippen molar-refractivity contribution in [2.75, 3.05) is 18.2 Å². The van der Waals surface area contributed by atoms with Crippen LogP contribution in [0.25, 0.3) is 0 Å². The first-order valence-corrected chi connectivity index (χ1v) is 12.6. The molecule has 1 heterocycles. The van der Waals surface area contributed by atoms with Crippen molar-refractivity contribution in [3.63, 3.8) is 0 Å². The number of amides is 2. The normalized spacial score (nSPS) is 11.9. The van der Waals surface area contributed by atoms with E-state index in [0.717, 1.165) is 4.47 Å². The van der Waals surface area contributed by atoms with Crippen molar-refractivity contribution in [3.8, 4) is 5.75 Å². The molecular weight excluding hydrogens is 542 g/mol. The molecule has 0 bridgehead atoms. The van der Waals surface area contributed by atoms with Crippen LogP contribution in [-0.2, 0) is 11.8 Å². The molecule has 0 aliphatic heterocycles. The van der Waals surface area contributed by atoms with E-state index in [0.29, 0.717) is 33.0 Å². The highest BCUT2D eigenvalue weighted by molar-refractivity contribution is 9.10. The maximum Gasteiger partial charge on any atom is 0.251 e. The summed E-state index contributed by atoms with van der Waals surface area (Å²) in [7, 11) is 3.40. The molecule has 3 rings (SSSR count). The van der Waals surface area contributed by atoms with Gasteiger partial charge in [-0.2, -0.15) is 0 Å².